The summed E-state index contributed by atoms with van der Waals surface area (Å²) < 4.78 is 5.34. The molecule has 1 saturated carbocycles. The van der Waals surface area contributed by atoms with Crippen molar-refractivity contribution in [1.29, 1.82) is 0 Å². The van der Waals surface area contributed by atoms with Crippen LogP contribution in [0.2, 0.25) is 0 Å². The van der Waals surface area contributed by atoms with E-state index in [9.17, 15) is 4.79 Å². The maximum absolute atomic E-state index is 11.5. The molecule has 0 amide bonds. The number of methoxy groups -OCH3 is 1. The van der Waals surface area contributed by atoms with Crippen LogP contribution in [-0.2, 0) is 25.8 Å². The highest BCUT2D eigenvalue weighted by Crippen LogP contribution is 2.59. The summed E-state index contributed by atoms with van der Waals surface area (Å²) in [7, 11) is 1.72. The van der Waals surface area contributed by atoms with Gasteiger partial charge in [0.25, 0.3) is 0 Å². The molecule has 0 aromatic heterocycles. The Bertz CT molecular complexity index is 629. The molecule has 1 aromatic carbocycles. The zero-order valence-corrected chi connectivity index (χ0v) is 15.4. The van der Waals surface area contributed by atoms with Crippen molar-refractivity contribution in [1.82, 2.24) is 0 Å². The minimum Gasteiger partial charge on any atom is -0.384 e. The Morgan fingerprint density at radius 3 is 2.26 bits per heavy atom. The highest BCUT2D eigenvalue weighted by Gasteiger charge is 2.62. The van der Waals surface area contributed by atoms with E-state index in [1.165, 1.54) is 29.5 Å². The molecule has 1 fully saturated rings. The molecular formula is C21H30O2. The first-order valence-electron chi connectivity index (χ1n) is 8.78. The van der Waals surface area contributed by atoms with Crippen LogP contribution in [0.3, 0.4) is 0 Å². The molecule has 2 heteroatoms. The molecule has 3 rings (SSSR count). The van der Waals surface area contributed by atoms with Gasteiger partial charge in [0.15, 0.2) is 0 Å². The van der Waals surface area contributed by atoms with Crippen LogP contribution in [0.25, 0.3) is 0 Å². The lowest BCUT2D eigenvalue weighted by molar-refractivity contribution is -0.109. The third-order valence-electron chi connectivity index (χ3n) is 6.75. The number of hydrogen-bond acceptors (Lipinski definition) is 2. The van der Waals surface area contributed by atoms with Crippen molar-refractivity contribution in [3.05, 3.63) is 34.9 Å². The second-order valence-electron chi connectivity index (χ2n) is 9.03. The van der Waals surface area contributed by atoms with E-state index < -0.39 is 0 Å². The number of rotatable bonds is 4. The molecule has 1 aromatic rings. The summed E-state index contributed by atoms with van der Waals surface area (Å²) >= 11 is 0. The van der Waals surface area contributed by atoms with Gasteiger partial charge in [0, 0.05) is 24.4 Å². The van der Waals surface area contributed by atoms with Crippen molar-refractivity contribution in [2.24, 2.45) is 11.8 Å². The average molecular weight is 314 g/mol. The van der Waals surface area contributed by atoms with E-state index >= 15 is 0 Å². The zero-order chi connectivity index (χ0) is 17.0. The highest BCUT2D eigenvalue weighted by atomic mass is 16.5. The van der Waals surface area contributed by atoms with Crippen LogP contribution >= 0.6 is 0 Å². The molecule has 0 heterocycles. The van der Waals surface area contributed by atoms with Crippen LogP contribution in [0.15, 0.2) is 18.2 Å². The molecule has 0 radical (unpaired) electrons. The number of hydrogen-bond donors (Lipinski definition) is 0. The smallest absolute Gasteiger partial charge is 0.124 e. The third kappa shape index (κ3) is 2.38. The summed E-state index contributed by atoms with van der Waals surface area (Å²) in [6.07, 6.45) is 3.57. The van der Waals surface area contributed by atoms with E-state index in [-0.39, 0.29) is 22.2 Å². The van der Waals surface area contributed by atoms with E-state index in [0.29, 0.717) is 12.5 Å². The number of carbonyl (C=O) groups excluding carboxylic acids is 1. The average Bonchev–Trinajstić information content (AvgIpc) is 3.09. The zero-order valence-electron chi connectivity index (χ0n) is 15.4. The van der Waals surface area contributed by atoms with Crippen molar-refractivity contribution >= 4 is 6.29 Å². The highest BCUT2D eigenvalue weighted by molar-refractivity contribution is 5.66. The van der Waals surface area contributed by atoms with E-state index in [1.807, 2.05) is 0 Å². The number of ether oxygens (including phenoxy) is 1. The summed E-state index contributed by atoms with van der Waals surface area (Å²) in [5.74, 6) is 0.392. The fourth-order valence-electron chi connectivity index (χ4n) is 4.66. The fraction of sp³-hybridized carbons (Fsp3) is 0.667. The van der Waals surface area contributed by atoms with Gasteiger partial charge in [0.05, 0.1) is 6.61 Å². The van der Waals surface area contributed by atoms with Gasteiger partial charge in [0.2, 0.25) is 0 Å². The second-order valence-corrected chi connectivity index (χ2v) is 9.03. The maximum Gasteiger partial charge on any atom is 0.124 e. The van der Waals surface area contributed by atoms with E-state index in [0.717, 1.165) is 6.29 Å². The predicted octanol–water partition coefficient (Wildman–Crippen LogP) is 4.38. The van der Waals surface area contributed by atoms with Gasteiger partial charge in [-0.1, -0.05) is 52.8 Å². The van der Waals surface area contributed by atoms with Gasteiger partial charge in [-0.15, -0.1) is 0 Å². The van der Waals surface area contributed by atoms with Crippen LogP contribution in [0.1, 0.15) is 64.2 Å². The van der Waals surface area contributed by atoms with Crippen molar-refractivity contribution in [2.45, 2.75) is 63.7 Å². The van der Waals surface area contributed by atoms with Gasteiger partial charge in [-0.2, -0.15) is 0 Å². The molecular weight excluding hydrogens is 284 g/mol. The Balaban J connectivity index is 2.06. The molecule has 0 aliphatic heterocycles. The number of fused-ring (bicyclic) bond motifs is 1. The summed E-state index contributed by atoms with van der Waals surface area (Å²) in [5.41, 5.74) is 4.64. The molecule has 3 atom stereocenters. The molecule has 0 bridgehead atoms. The third-order valence-corrected chi connectivity index (χ3v) is 6.75. The Morgan fingerprint density at radius 2 is 1.70 bits per heavy atom. The topological polar surface area (TPSA) is 26.3 Å². The molecule has 0 N–H and O–H groups in total. The van der Waals surface area contributed by atoms with Crippen molar-refractivity contribution in [3.63, 3.8) is 0 Å². The quantitative estimate of drug-likeness (QED) is 0.771. The summed E-state index contributed by atoms with van der Waals surface area (Å²) in [6, 6.07) is 6.97. The Labute approximate surface area is 140 Å². The van der Waals surface area contributed by atoms with Crippen LogP contribution < -0.4 is 0 Å². The number of benzene rings is 1. The Kier molecular flexibility index (Phi) is 3.76. The first-order chi connectivity index (χ1) is 10.7. The van der Waals surface area contributed by atoms with Gasteiger partial charge in [-0.25, -0.2) is 0 Å². The van der Waals surface area contributed by atoms with Gasteiger partial charge in [0.1, 0.15) is 6.29 Å². The lowest BCUT2D eigenvalue weighted by Gasteiger charge is -2.42. The summed E-state index contributed by atoms with van der Waals surface area (Å²) in [6.45, 7) is 12.3. The minimum atomic E-state index is -0.0650. The molecule has 2 aliphatic carbocycles. The summed E-state index contributed by atoms with van der Waals surface area (Å²) in [4.78, 5) is 11.5. The lowest BCUT2D eigenvalue weighted by Crippen LogP contribution is -2.34. The van der Waals surface area contributed by atoms with Crippen molar-refractivity contribution < 1.29 is 9.53 Å². The normalized spacial score (nSPS) is 33.8. The minimum absolute atomic E-state index is 0.0650. The molecule has 0 spiro atoms. The second kappa shape index (κ2) is 5.17. The molecule has 126 valence electrons. The molecule has 0 saturated heterocycles. The first-order valence-corrected chi connectivity index (χ1v) is 8.78. The molecule has 2 aliphatic rings. The number of aldehydes is 1. The van der Waals surface area contributed by atoms with E-state index in [4.69, 9.17) is 4.74 Å². The van der Waals surface area contributed by atoms with Gasteiger partial charge in [-0.3, -0.25) is 0 Å². The standard InChI is InChI=1S/C21H30O2/c1-19(2)9-10-20(3,4)16-11-14(7-8-15(16)19)21(5)17(12-22)18(21)13-23-6/h7-8,11-12,17-18H,9-10,13H2,1-6H3/t17-,18+,21-/m0/s1. The van der Waals surface area contributed by atoms with Crippen LogP contribution in [0.5, 0.6) is 0 Å². The van der Waals surface area contributed by atoms with Crippen LogP contribution in [0, 0.1) is 11.8 Å². The van der Waals surface area contributed by atoms with Gasteiger partial charge < -0.3 is 9.53 Å². The number of carbonyl (C=O) groups is 1. The van der Waals surface area contributed by atoms with Crippen molar-refractivity contribution in [3.8, 4) is 0 Å². The van der Waals surface area contributed by atoms with E-state index in [1.54, 1.807) is 7.11 Å². The van der Waals surface area contributed by atoms with Gasteiger partial charge in [-0.05, 0) is 40.4 Å². The predicted molar refractivity (Wildman–Crippen MR) is 94.0 cm³/mol. The van der Waals surface area contributed by atoms with Crippen molar-refractivity contribution in [2.75, 3.05) is 13.7 Å². The SMILES string of the molecule is COC[C@@H]1[C@H](C=O)[C@]1(C)c1ccc2c(c1)C(C)(C)CCC2(C)C. The summed E-state index contributed by atoms with van der Waals surface area (Å²) in [5, 5.41) is 0. The molecule has 0 unspecified atom stereocenters. The first kappa shape index (κ1) is 16.7. The van der Waals surface area contributed by atoms with Crippen LogP contribution in [-0.4, -0.2) is 20.0 Å². The van der Waals surface area contributed by atoms with E-state index in [2.05, 4.69) is 52.8 Å². The Hall–Kier alpha value is -1.15. The molecule has 2 nitrogen and oxygen atoms in total. The maximum atomic E-state index is 11.5. The largest absolute Gasteiger partial charge is 0.384 e. The monoisotopic (exact) mass is 314 g/mol. The lowest BCUT2D eigenvalue weighted by atomic mass is 9.62. The fourth-order valence-corrected chi connectivity index (χ4v) is 4.66. The molecule has 23 heavy (non-hydrogen) atoms. The van der Waals surface area contributed by atoms with Gasteiger partial charge >= 0.3 is 0 Å². The Morgan fingerprint density at radius 1 is 1.09 bits per heavy atom. The van der Waals surface area contributed by atoms with Crippen LogP contribution in [0.4, 0.5) is 0 Å².